The molecule has 1 nitrogen and oxygen atoms in total. The number of nitrogens with two attached hydrogens (primary N) is 1. The van der Waals surface area contributed by atoms with Crippen molar-refractivity contribution in [3.05, 3.63) is 63.0 Å². The van der Waals surface area contributed by atoms with E-state index in [-0.39, 0.29) is 5.25 Å². The van der Waals surface area contributed by atoms with Crippen LogP contribution in [0.3, 0.4) is 0 Å². The van der Waals surface area contributed by atoms with Gasteiger partial charge in [0.2, 0.25) is 0 Å². The zero-order valence-electron chi connectivity index (χ0n) is 9.64. The van der Waals surface area contributed by atoms with Crippen molar-refractivity contribution >= 4 is 43.6 Å². The second-order valence-corrected chi connectivity index (χ2v) is 6.75. The van der Waals surface area contributed by atoms with Crippen LogP contribution in [0.15, 0.2) is 62.4 Å². The molecule has 2 N–H and O–H groups in total. The molecule has 0 aliphatic carbocycles. The smallest absolute Gasteiger partial charge is 0.0478 e. The van der Waals surface area contributed by atoms with E-state index in [0.29, 0.717) is 6.54 Å². The van der Waals surface area contributed by atoms with Crippen molar-refractivity contribution in [1.29, 1.82) is 0 Å². The fourth-order valence-electron chi connectivity index (χ4n) is 1.67. The highest BCUT2D eigenvalue weighted by molar-refractivity contribution is 9.10. The van der Waals surface area contributed by atoms with Crippen LogP contribution in [0, 0.1) is 0 Å². The van der Waals surface area contributed by atoms with E-state index in [0.717, 1.165) is 8.95 Å². The Bertz CT molecular complexity index is 531. The van der Waals surface area contributed by atoms with Gasteiger partial charge < -0.3 is 5.73 Å². The lowest BCUT2D eigenvalue weighted by Crippen LogP contribution is -2.09. The summed E-state index contributed by atoms with van der Waals surface area (Å²) in [4.78, 5) is 1.21. The minimum absolute atomic E-state index is 0.249. The Morgan fingerprint density at radius 3 is 2.17 bits per heavy atom. The Labute approximate surface area is 128 Å². The number of hydrogen-bond acceptors (Lipinski definition) is 2. The molecule has 1 atom stereocenters. The Hall–Kier alpha value is -0.290. The zero-order chi connectivity index (χ0) is 13.0. The van der Waals surface area contributed by atoms with Crippen molar-refractivity contribution in [2.24, 2.45) is 5.73 Å². The summed E-state index contributed by atoms with van der Waals surface area (Å²) in [6, 6.07) is 16.5. The number of thioether (sulfide) groups is 1. The lowest BCUT2D eigenvalue weighted by Gasteiger charge is -2.17. The average Bonchev–Trinajstić information content (AvgIpc) is 2.39. The summed E-state index contributed by atoms with van der Waals surface area (Å²) < 4.78 is 2.22. The molecule has 0 aliphatic heterocycles. The predicted octanol–water partition coefficient (Wildman–Crippen LogP) is 5.00. The molecule has 0 aliphatic rings. The van der Waals surface area contributed by atoms with E-state index in [1.165, 1.54) is 10.5 Å². The first-order valence-corrected chi connectivity index (χ1v) is 8.04. The van der Waals surface area contributed by atoms with E-state index in [1.807, 2.05) is 24.3 Å². The maximum atomic E-state index is 5.91. The van der Waals surface area contributed by atoms with Crippen molar-refractivity contribution in [2.45, 2.75) is 10.1 Å². The van der Waals surface area contributed by atoms with Gasteiger partial charge in [-0.2, -0.15) is 0 Å². The molecule has 2 aromatic carbocycles. The molecule has 4 heteroatoms. The van der Waals surface area contributed by atoms with Crippen LogP contribution in [0.2, 0.25) is 0 Å². The summed E-state index contributed by atoms with van der Waals surface area (Å²) in [5.41, 5.74) is 7.15. The monoisotopic (exact) mass is 385 g/mol. The molecule has 0 saturated carbocycles. The third kappa shape index (κ3) is 3.38. The normalized spacial score (nSPS) is 12.4. The van der Waals surface area contributed by atoms with Crippen molar-refractivity contribution in [2.75, 3.05) is 6.54 Å². The van der Waals surface area contributed by atoms with E-state index < -0.39 is 0 Å². The standard InChI is InChI=1S/C14H13Br2NS/c15-11-6-2-1-5-10(11)14(9-17)18-13-8-4-3-7-12(13)16/h1-8,14H,9,17H2. The Kier molecular flexibility index (Phi) is 5.30. The van der Waals surface area contributed by atoms with Crippen LogP contribution in [0.1, 0.15) is 10.8 Å². The van der Waals surface area contributed by atoms with Crippen molar-refractivity contribution in [1.82, 2.24) is 0 Å². The fourth-order valence-corrected chi connectivity index (χ4v) is 4.02. The summed E-state index contributed by atoms with van der Waals surface area (Å²) in [6.45, 7) is 0.606. The van der Waals surface area contributed by atoms with Gasteiger partial charge in [0.05, 0.1) is 0 Å². The molecule has 0 bridgehead atoms. The second-order valence-electron chi connectivity index (χ2n) is 3.79. The van der Waals surface area contributed by atoms with Crippen LogP contribution in [0.25, 0.3) is 0 Å². The van der Waals surface area contributed by atoms with Crippen molar-refractivity contribution in [3.8, 4) is 0 Å². The topological polar surface area (TPSA) is 26.0 Å². The largest absolute Gasteiger partial charge is 0.329 e. The number of rotatable bonds is 4. The van der Waals surface area contributed by atoms with E-state index in [4.69, 9.17) is 5.73 Å². The lowest BCUT2D eigenvalue weighted by atomic mass is 10.1. The molecule has 0 heterocycles. The lowest BCUT2D eigenvalue weighted by molar-refractivity contribution is 0.935. The van der Waals surface area contributed by atoms with Crippen LogP contribution in [0.4, 0.5) is 0 Å². The number of hydrogen-bond donors (Lipinski definition) is 1. The fraction of sp³-hybridized carbons (Fsp3) is 0.143. The molecule has 0 saturated heterocycles. The molecule has 0 amide bonds. The average molecular weight is 387 g/mol. The highest BCUT2D eigenvalue weighted by Crippen LogP contribution is 2.40. The molecular formula is C14H13Br2NS. The Morgan fingerprint density at radius 1 is 0.944 bits per heavy atom. The van der Waals surface area contributed by atoms with Gasteiger partial charge in [-0.3, -0.25) is 0 Å². The maximum absolute atomic E-state index is 5.91. The van der Waals surface area contributed by atoms with Crippen LogP contribution < -0.4 is 5.73 Å². The molecule has 94 valence electrons. The second kappa shape index (κ2) is 6.75. The van der Waals surface area contributed by atoms with Gasteiger partial charge in [0.1, 0.15) is 0 Å². The van der Waals surface area contributed by atoms with Gasteiger partial charge in [0.15, 0.2) is 0 Å². The third-order valence-electron chi connectivity index (χ3n) is 2.57. The summed E-state index contributed by atoms with van der Waals surface area (Å²) in [5.74, 6) is 0. The predicted molar refractivity (Wildman–Crippen MR) is 85.9 cm³/mol. The molecule has 0 fully saturated rings. The van der Waals surface area contributed by atoms with Crippen LogP contribution in [-0.4, -0.2) is 6.54 Å². The quantitative estimate of drug-likeness (QED) is 0.748. The van der Waals surface area contributed by atoms with Crippen molar-refractivity contribution < 1.29 is 0 Å². The van der Waals surface area contributed by atoms with Crippen LogP contribution in [0.5, 0.6) is 0 Å². The SMILES string of the molecule is NCC(Sc1ccccc1Br)c1ccccc1Br. The first-order valence-electron chi connectivity index (χ1n) is 5.58. The number of halogens is 2. The van der Waals surface area contributed by atoms with Gasteiger partial charge in [-0.15, -0.1) is 11.8 Å². The molecule has 2 rings (SSSR count). The molecule has 18 heavy (non-hydrogen) atoms. The van der Waals surface area contributed by atoms with E-state index in [1.54, 1.807) is 11.8 Å². The van der Waals surface area contributed by atoms with Gasteiger partial charge in [-0.05, 0) is 39.7 Å². The van der Waals surface area contributed by atoms with Gasteiger partial charge >= 0.3 is 0 Å². The molecule has 0 aromatic heterocycles. The minimum atomic E-state index is 0.249. The highest BCUT2D eigenvalue weighted by atomic mass is 79.9. The van der Waals surface area contributed by atoms with Gasteiger partial charge in [-0.25, -0.2) is 0 Å². The van der Waals surface area contributed by atoms with Gasteiger partial charge in [0.25, 0.3) is 0 Å². The Morgan fingerprint density at radius 2 is 1.56 bits per heavy atom. The van der Waals surface area contributed by atoms with Crippen LogP contribution in [-0.2, 0) is 0 Å². The molecular weight excluding hydrogens is 374 g/mol. The van der Waals surface area contributed by atoms with E-state index >= 15 is 0 Å². The third-order valence-corrected chi connectivity index (χ3v) is 5.59. The minimum Gasteiger partial charge on any atom is -0.329 e. The summed E-state index contributed by atoms with van der Waals surface area (Å²) >= 11 is 8.94. The summed E-state index contributed by atoms with van der Waals surface area (Å²) in [5, 5.41) is 0.249. The summed E-state index contributed by atoms with van der Waals surface area (Å²) in [7, 11) is 0. The first kappa shape index (κ1) is 14.1. The summed E-state index contributed by atoms with van der Waals surface area (Å²) in [6.07, 6.45) is 0. The van der Waals surface area contributed by atoms with E-state index in [2.05, 4.69) is 56.1 Å². The number of benzene rings is 2. The molecule has 0 radical (unpaired) electrons. The van der Waals surface area contributed by atoms with Gasteiger partial charge in [-0.1, -0.05) is 46.3 Å². The molecule has 0 spiro atoms. The molecule has 1 unspecified atom stereocenters. The zero-order valence-corrected chi connectivity index (χ0v) is 13.6. The van der Waals surface area contributed by atoms with Crippen molar-refractivity contribution in [3.63, 3.8) is 0 Å². The van der Waals surface area contributed by atoms with E-state index in [9.17, 15) is 0 Å². The van der Waals surface area contributed by atoms with Crippen LogP contribution >= 0.6 is 43.6 Å². The maximum Gasteiger partial charge on any atom is 0.0478 e. The molecule has 2 aromatic rings. The van der Waals surface area contributed by atoms with Gasteiger partial charge in [0, 0.05) is 25.6 Å². The highest BCUT2D eigenvalue weighted by Gasteiger charge is 2.15. The Balaban J connectivity index is 2.26. The first-order chi connectivity index (χ1) is 8.72.